The molecule has 3 aromatic rings. The lowest BCUT2D eigenvalue weighted by molar-refractivity contribution is 0.668. The fourth-order valence-electron chi connectivity index (χ4n) is 1.83. The van der Waals surface area contributed by atoms with Crippen LogP contribution < -0.4 is 0 Å². The van der Waals surface area contributed by atoms with Gasteiger partial charge in [-0.15, -0.1) is 0 Å². The molecule has 1 nitrogen and oxygen atoms in total. The largest absolute Gasteiger partial charge is 0.456 e. The average molecular weight is 563 g/mol. The summed E-state index contributed by atoms with van der Waals surface area (Å²) in [7, 11) is 0. The van der Waals surface area contributed by atoms with Crippen LogP contribution in [0.5, 0.6) is 0 Å². The molecule has 0 spiro atoms. The van der Waals surface area contributed by atoms with Crippen LogP contribution in [0.25, 0.3) is 21.9 Å². The fraction of sp³-hybridized carbons (Fsp3) is 0. The number of benzene rings is 2. The third-order valence-corrected chi connectivity index (χ3v) is 7.79. The average Bonchev–Trinajstić information content (AvgIpc) is 2.64. The van der Waals surface area contributed by atoms with Gasteiger partial charge in [-0.3, -0.25) is 0 Å². The van der Waals surface area contributed by atoms with E-state index in [0.717, 1.165) is 44.3 Å². The quantitative estimate of drug-likeness (QED) is 0.260. The van der Waals surface area contributed by atoms with Crippen molar-refractivity contribution in [1.29, 1.82) is 0 Å². The molecule has 0 aliphatic rings. The number of furan rings is 1. The van der Waals surface area contributed by atoms with Gasteiger partial charge in [0, 0.05) is 33.1 Å². The predicted octanol–water partition coefficient (Wildman–Crippen LogP) is 7.40. The molecule has 6 heteroatoms. The molecule has 0 saturated carbocycles. The van der Waals surface area contributed by atoms with E-state index in [-0.39, 0.29) is 0 Å². The van der Waals surface area contributed by atoms with E-state index in [1.165, 1.54) is 0 Å². The summed E-state index contributed by atoms with van der Waals surface area (Å²) in [6.45, 7) is 0. The zero-order valence-electron chi connectivity index (χ0n) is 8.53. The molecule has 92 valence electrons. The molecule has 0 saturated heterocycles. The molecule has 0 fully saturated rings. The monoisotopic (exact) mass is 558 g/mol. The SMILES string of the molecule is Brc1cc2oc3cc(Br)c(Br)c(Br)c3c2cc1Br. The Kier molecular flexibility index (Phi) is 3.69. The molecule has 0 radical (unpaired) electrons. The van der Waals surface area contributed by atoms with E-state index in [2.05, 4.69) is 85.7 Å². The molecule has 0 unspecified atom stereocenters. The second-order valence-corrected chi connectivity index (χ2v) is 7.87. The highest BCUT2D eigenvalue weighted by atomic mass is 79.9. The molecule has 3 rings (SSSR count). The van der Waals surface area contributed by atoms with Gasteiger partial charge in [-0.05, 0) is 97.8 Å². The molecule has 0 N–H and O–H groups in total. The van der Waals surface area contributed by atoms with Gasteiger partial charge in [0.2, 0.25) is 0 Å². The Labute approximate surface area is 145 Å². The molecule has 1 aromatic heterocycles. The van der Waals surface area contributed by atoms with Gasteiger partial charge in [-0.2, -0.15) is 0 Å². The van der Waals surface area contributed by atoms with E-state index in [0.29, 0.717) is 0 Å². The predicted molar refractivity (Wildman–Crippen MR) is 92.2 cm³/mol. The van der Waals surface area contributed by atoms with Crippen molar-refractivity contribution in [3.05, 3.63) is 40.6 Å². The van der Waals surface area contributed by atoms with Gasteiger partial charge in [0.05, 0.1) is 0 Å². The second-order valence-electron chi connectivity index (χ2n) is 3.72. The summed E-state index contributed by atoms with van der Waals surface area (Å²) in [6.07, 6.45) is 0. The fourth-order valence-corrected chi connectivity index (χ4v) is 4.10. The van der Waals surface area contributed by atoms with Gasteiger partial charge in [0.1, 0.15) is 11.2 Å². The minimum Gasteiger partial charge on any atom is -0.456 e. The zero-order chi connectivity index (χ0) is 13.0. The van der Waals surface area contributed by atoms with Gasteiger partial charge in [0.15, 0.2) is 0 Å². The van der Waals surface area contributed by atoms with Crippen molar-refractivity contribution in [1.82, 2.24) is 0 Å². The normalized spacial score (nSPS) is 11.6. The highest BCUT2D eigenvalue weighted by Gasteiger charge is 2.16. The van der Waals surface area contributed by atoms with Crippen molar-refractivity contribution in [2.45, 2.75) is 0 Å². The summed E-state index contributed by atoms with van der Waals surface area (Å²) in [4.78, 5) is 0. The molecule has 0 aliphatic carbocycles. The second kappa shape index (κ2) is 4.88. The molecule has 0 aliphatic heterocycles. The molecular weight excluding hydrogens is 560 g/mol. The van der Waals surface area contributed by atoms with Crippen molar-refractivity contribution >= 4 is 102 Å². The molecule has 1 heterocycles. The van der Waals surface area contributed by atoms with Crippen LogP contribution >= 0.6 is 79.6 Å². The third kappa shape index (κ3) is 2.04. The Hall–Kier alpha value is 0.640. The number of hydrogen-bond acceptors (Lipinski definition) is 1. The summed E-state index contributed by atoms with van der Waals surface area (Å²) in [5.74, 6) is 0. The lowest BCUT2D eigenvalue weighted by atomic mass is 10.1. The Bertz CT molecular complexity index is 790. The molecule has 2 aromatic carbocycles. The summed E-state index contributed by atoms with van der Waals surface area (Å²) in [6, 6.07) is 5.98. The first-order valence-corrected chi connectivity index (χ1v) is 8.80. The molecule has 0 bridgehead atoms. The van der Waals surface area contributed by atoms with Crippen LogP contribution in [-0.2, 0) is 0 Å². The van der Waals surface area contributed by atoms with Crippen LogP contribution in [0.1, 0.15) is 0 Å². The van der Waals surface area contributed by atoms with Crippen LogP contribution in [0.4, 0.5) is 0 Å². The van der Waals surface area contributed by atoms with E-state index >= 15 is 0 Å². The lowest BCUT2D eigenvalue weighted by Gasteiger charge is -2.01. The maximum Gasteiger partial charge on any atom is 0.137 e. The number of hydrogen-bond donors (Lipinski definition) is 0. The van der Waals surface area contributed by atoms with E-state index in [9.17, 15) is 0 Å². The molecule has 0 atom stereocenters. The van der Waals surface area contributed by atoms with Gasteiger partial charge in [-0.25, -0.2) is 0 Å². The van der Waals surface area contributed by atoms with E-state index in [4.69, 9.17) is 4.42 Å². The van der Waals surface area contributed by atoms with Crippen molar-refractivity contribution in [2.24, 2.45) is 0 Å². The summed E-state index contributed by atoms with van der Waals surface area (Å²) in [5, 5.41) is 2.13. The minimum atomic E-state index is 0.844. The first-order valence-electron chi connectivity index (χ1n) is 4.84. The Morgan fingerprint density at radius 3 is 2.00 bits per heavy atom. The number of fused-ring (bicyclic) bond motifs is 3. The molecular formula is C12H3Br5O. The van der Waals surface area contributed by atoms with Gasteiger partial charge in [-0.1, -0.05) is 0 Å². The highest BCUT2D eigenvalue weighted by molar-refractivity contribution is 9.14. The van der Waals surface area contributed by atoms with Crippen molar-refractivity contribution in [2.75, 3.05) is 0 Å². The summed E-state index contributed by atoms with van der Waals surface area (Å²) < 4.78 is 10.8. The van der Waals surface area contributed by atoms with Gasteiger partial charge < -0.3 is 4.42 Å². The van der Waals surface area contributed by atoms with Crippen LogP contribution in [0, 0.1) is 0 Å². The molecule has 18 heavy (non-hydrogen) atoms. The zero-order valence-corrected chi connectivity index (χ0v) is 16.5. The molecule has 0 amide bonds. The van der Waals surface area contributed by atoms with Crippen LogP contribution in [0.3, 0.4) is 0 Å². The smallest absolute Gasteiger partial charge is 0.137 e. The summed E-state index contributed by atoms with van der Waals surface area (Å²) in [5.41, 5.74) is 1.70. The van der Waals surface area contributed by atoms with Crippen LogP contribution in [0.2, 0.25) is 0 Å². The first-order chi connectivity index (χ1) is 8.49. The van der Waals surface area contributed by atoms with E-state index < -0.39 is 0 Å². The number of rotatable bonds is 0. The highest BCUT2D eigenvalue weighted by Crippen LogP contribution is 2.43. The number of halogens is 5. The van der Waals surface area contributed by atoms with Crippen LogP contribution in [0.15, 0.2) is 45.0 Å². The van der Waals surface area contributed by atoms with Crippen molar-refractivity contribution in [3.8, 4) is 0 Å². The lowest BCUT2D eigenvalue weighted by Crippen LogP contribution is -1.76. The Morgan fingerprint density at radius 1 is 0.667 bits per heavy atom. The Balaban J connectivity index is 2.57. The Morgan fingerprint density at radius 2 is 1.28 bits per heavy atom. The first kappa shape index (κ1) is 13.6. The van der Waals surface area contributed by atoms with Gasteiger partial charge >= 0.3 is 0 Å². The third-order valence-electron chi connectivity index (χ3n) is 2.64. The van der Waals surface area contributed by atoms with Crippen molar-refractivity contribution in [3.63, 3.8) is 0 Å². The van der Waals surface area contributed by atoms with Crippen molar-refractivity contribution < 1.29 is 4.42 Å². The summed E-state index contributed by atoms with van der Waals surface area (Å²) >= 11 is 17.7. The maximum atomic E-state index is 5.87. The van der Waals surface area contributed by atoms with E-state index in [1.54, 1.807) is 0 Å². The van der Waals surface area contributed by atoms with E-state index in [1.807, 2.05) is 12.1 Å². The minimum absolute atomic E-state index is 0.844. The van der Waals surface area contributed by atoms with Gasteiger partial charge in [0.25, 0.3) is 0 Å². The standard InChI is InChI=1S/C12H3Br5O/c13-5-1-4-8(2-6(5)14)18-9-3-7(15)11(16)12(17)10(4)9/h1-3H. The van der Waals surface area contributed by atoms with Crippen LogP contribution in [-0.4, -0.2) is 0 Å². The topological polar surface area (TPSA) is 13.1 Å². The maximum absolute atomic E-state index is 5.87.